The van der Waals surface area contributed by atoms with Crippen molar-refractivity contribution in [3.05, 3.63) is 97.3 Å². The van der Waals surface area contributed by atoms with E-state index in [1.165, 1.54) is 6.07 Å². The molecule has 3 aromatic carbocycles. The molecule has 0 radical (unpaired) electrons. The molecule has 1 aliphatic carbocycles. The number of halogens is 2. The molecule has 50 heavy (non-hydrogen) atoms. The molecular weight excluding hydrogens is 673 g/mol. The number of hydrogen-bond acceptors (Lipinski definition) is 6. The van der Waals surface area contributed by atoms with Crippen LogP contribution in [0.25, 0.3) is 16.7 Å². The highest BCUT2D eigenvalue weighted by Crippen LogP contribution is 2.46. The van der Waals surface area contributed by atoms with Gasteiger partial charge in [0.25, 0.3) is 5.91 Å². The van der Waals surface area contributed by atoms with Crippen LogP contribution in [0.1, 0.15) is 56.8 Å². The summed E-state index contributed by atoms with van der Waals surface area (Å²) >= 11 is 13.3. The maximum absolute atomic E-state index is 14.3. The molecule has 2 heterocycles. The van der Waals surface area contributed by atoms with Crippen molar-refractivity contribution in [3.8, 4) is 16.9 Å². The van der Waals surface area contributed by atoms with E-state index in [0.717, 1.165) is 93.0 Å². The Morgan fingerprint density at radius 2 is 1.64 bits per heavy atom. The summed E-state index contributed by atoms with van der Waals surface area (Å²) in [7, 11) is 3.99. The van der Waals surface area contributed by atoms with E-state index < -0.39 is 5.97 Å². The lowest BCUT2D eigenvalue weighted by Gasteiger charge is -2.34. The van der Waals surface area contributed by atoms with Gasteiger partial charge in [0.2, 0.25) is 0 Å². The van der Waals surface area contributed by atoms with Crippen LogP contribution in [0.3, 0.4) is 0 Å². The first-order valence-electron chi connectivity index (χ1n) is 16.9. The van der Waals surface area contributed by atoms with Gasteiger partial charge in [-0.25, -0.2) is 4.79 Å². The lowest BCUT2D eigenvalue weighted by Crippen LogP contribution is -2.44. The third-order valence-corrected chi connectivity index (χ3v) is 10.8. The topological polar surface area (TPSA) is 99.9 Å². The summed E-state index contributed by atoms with van der Waals surface area (Å²) in [6, 6.07) is 12.8. The predicted molar refractivity (Wildman–Crippen MR) is 201 cm³/mol. The molecule has 2 N–H and O–H groups in total. The van der Waals surface area contributed by atoms with E-state index in [2.05, 4.69) is 27.3 Å². The maximum Gasteiger partial charge on any atom is 0.335 e. The normalized spacial score (nSPS) is 14.7. The van der Waals surface area contributed by atoms with Gasteiger partial charge in [-0.05, 0) is 112 Å². The lowest BCUT2D eigenvalue weighted by molar-refractivity contribution is -0.112. The van der Waals surface area contributed by atoms with Crippen LogP contribution >= 0.6 is 23.2 Å². The van der Waals surface area contributed by atoms with Gasteiger partial charge in [-0.15, -0.1) is 0 Å². The van der Waals surface area contributed by atoms with Crippen LogP contribution in [-0.4, -0.2) is 71.5 Å². The van der Waals surface area contributed by atoms with E-state index in [-0.39, 0.29) is 11.5 Å². The van der Waals surface area contributed by atoms with Gasteiger partial charge in [0, 0.05) is 83.5 Å². The van der Waals surface area contributed by atoms with Crippen molar-refractivity contribution in [1.82, 2.24) is 14.7 Å². The monoisotopic (exact) mass is 715 g/mol. The van der Waals surface area contributed by atoms with Crippen LogP contribution in [0.5, 0.6) is 5.75 Å². The van der Waals surface area contributed by atoms with E-state index in [0.29, 0.717) is 42.2 Å². The maximum atomic E-state index is 14.3. The standard InChI is InChI=1S/C39H43Cl2N5O4/c1-22-16-29(17-23(2)37(22)41)50-15-7-8-30-31-9-10-34(40)36(35-24(3)43-45(6)25(35)4)32(31)21-33(30)38(47)42-27-18-26(39(48)49)19-28(20-27)46-13-11-44(5)12-14-46/h9-10,16-20H,7-8,11-15,21H2,1-6H3,(H,42,47)(H,48,49). The van der Waals surface area contributed by atoms with Crippen LogP contribution in [-0.2, 0) is 18.3 Å². The third kappa shape index (κ3) is 7.13. The molecule has 0 bridgehead atoms. The smallest absolute Gasteiger partial charge is 0.335 e. The lowest BCUT2D eigenvalue weighted by atomic mass is 9.93. The van der Waals surface area contributed by atoms with Gasteiger partial charge in [0.05, 0.1) is 17.9 Å². The Balaban J connectivity index is 1.33. The SMILES string of the molecule is Cc1cc(OCCCC2=C(C(=O)Nc3cc(C(=O)O)cc(N4CCN(C)CC4)c3)Cc3c2ccc(Cl)c3-c2c(C)nn(C)c2C)cc(C)c1Cl. The zero-order valence-corrected chi connectivity index (χ0v) is 30.9. The number of hydrogen-bond donors (Lipinski definition) is 2. The van der Waals surface area contributed by atoms with Crippen molar-refractivity contribution in [3.63, 3.8) is 0 Å². The fraction of sp³-hybridized carbons (Fsp3) is 0.359. The van der Waals surface area contributed by atoms with Gasteiger partial charge in [-0.3, -0.25) is 9.48 Å². The Morgan fingerprint density at radius 3 is 2.28 bits per heavy atom. The number of amides is 1. The number of ether oxygens (including phenoxy) is 1. The number of aromatic carboxylic acids is 1. The predicted octanol–water partition coefficient (Wildman–Crippen LogP) is 7.89. The van der Waals surface area contributed by atoms with Gasteiger partial charge in [0.15, 0.2) is 0 Å². The second-order valence-corrected chi connectivity index (χ2v) is 14.2. The minimum absolute atomic E-state index is 0.127. The molecule has 1 amide bonds. The van der Waals surface area contributed by atoms with E-state index in [1.807, 2.05) is 69.8 Å². The molecule has 4 aromatic rings. The third-order valence-electron chi connectivity index (χ3n) is 9.88. The average molecular weight is 717 g/mol. The molecule has 1 aromatic heterocycles. The highest BCUT2D eigenvalue weighted by molar-refractivity contribution is 6.34. The summed E-state index contributed by atoms with van der Waals surface area (Å²) in [4.78, 5) is 30.9. The quantitative estimate of drug-likeness (QED) is 0.161. The molecule has 6 rings (SSSR count). The molecular formula is C39H43Cl2N5O4. The van der Waals surface area contributed by atoms with Gasteiger partial charge in [-0.1, -0.05) is 29.3 Å². The molecule has 0 saturated carbocycles. The summed E-state index contributed by atoms with van der Waals surface area (Å²) in [5.41, 5.74) is 10.5. The average Bonchev–Trinajstić information content (AvgIpc) is 3.57. The molecule has 1 aliphatic heterocycles. The number of carboxylic acid groups (broad SMARTS) is 1. The van der Waals surface area contributed by atoms with Gasteiger partial charge in [0.1, 0.15) is 5.75 Å². The van der Waals surface area contributed by atoms with Crippen molar-refractivity contribution in [1.29, 1.82) is 0 Å². The minimum Gasteiger partial charge on any atom is -0.494 e. The van der Waals surface area contributed by atoms with Gasteiger partial charge in [-0.2, -0.15) is 5.10 Å². The van der Waals surface area contributed by atoms with Crippen LogP contribution < -0.4 is 15.0 Å². The van der Waals surface area contributed by atoms with E-state index in [1.54, 1.807) is 6.07 Å². The van der Waals surface area contributed by atoms with Crippen LogP contribution in [0.15, 0.2) is 48.0 Å². The number of nitrogens with one attached hydrogen (secondary N) is 1. The second kappa shape index (κ2) is 14.5. The number of aromatic nitrogens is 2. The fourth-order valence-electron chi connectivity index (χ4n) is 7.13. The number of allylic oxidation sites excluding steroid dienone is 1. The van der Waals surface area contributed by atoms with Crippen molar-refractivity contribution in [2.75, 3.05) is 50.1 Å². The Labute approximate surface area is 303 Å². The molecule has 11 heteroatoms. The largest absolute Gasteiger partial charge is 0.494 e. The summed E-state index contributed by atoms with van der Waals surface area (Å²) in [6.45, 7) is 11.6. The number of aryl methyl sites for hydroxylation is 4. The molecule has 1 fully saturated rings. The first-order valence-corrected chi connectivity index (χ1v) is 17.6. The molecule has 0 unspecified atom stereocenters. The summed E-state index contributed by atoms with van der Waals surface area (Å²) in [6.07, 6.45) is 1.63. The number of likely N-dealkylation sites (N-methyl/N-ethyl adjacent to an activating group) is 1. The molecule has 1 saturated heterocycles. The molecule has 0 atom stereocenters. The van der Waals surface area contributed by atoms with E-state index in [9.17, 15) is 14.7 Å². The molecule has 2 aliphatic rings. The van der Waals surface area contributed by atoms with Crippen LogP contribution in [0.4, 0.5) is 11.4 Å². The number of rotatable bonds is 10. The first kappa shape index (κ1) is 35.5. The summed E-state index contributed by atoms with van der Waals surface area (Å²) in [5.74, 6) is -0.555. The van der Waals surface area contributed by atoms with Crippen molar-refractivity contribution in [2.24, 2.45) is 7.05 Å². The zero-order chi connectivity index (χ0) is 35.9. The fourth-order valence-corrected chi connectivity index (χ4v) is 7.51. The Kier molecular flexibility index (Phi) is 10.3. The number of nitrogens with zero attached hydrogens (tertiary/aromatic N) is 4. The van der Waals surface area contributed by atoms with Crippen molar-refractivity contribution < 1.29 is 19.4 Å². The van der Waals surface area contributed by atoms with E-state index in [4.69, 9.17) is 27.9 Å². The van der Waals surface area contributed by atoms with Gasteiger partial charge < -0.3 is 25.0 Å². The molecule has 9 nitrogen and oxygen atoms in total. The number of piperazine rings is 1. The highest BCUT2D eigenvalue weighted by Gasteiger charge is 2.31. The van der Waals surface area contributed by atoms with Crippen molar-refractivity contribution >= 4 is 52.0 Å². The Bertz CT molecular complexity index is 2000. The van der Waals surface area contributed by atoms with Crippen LogP contribution in [0, 0.1) is 27.7 Å². The van der Waals surface area contributed by atoms with Gasteiger partial charge >= 0.3 is 5.97 Å². The Hall–Kier alpha value is -4.31. The van der Waals surface area contributed by atoms with E-state index >= 15 is 0 Å². The summed E-state index contributed by atoms with van der Waals surface area (Å²) < 4.78 is 7.99. The Morgan fingerprint density at radius 1 is 0.940 bits per heavy atom. The molecule has 0 spiro atoms. The zero-order valence-electron chi connectivity index (χ0n) is 29.4. The number of anilines is 2. The number of fused-ring (bicyclic) bond motifs is 1. The molecule has 262 valence electrons. The summed E-state index contributed by atoms with van der Waals surface area (Å²) in [5, 5.41) is 19.0. The number of carboxylic acids is 1. The number of carbonyl (C=O) groups excluding carboxylic acids is 1. The number of benzene rings is 3. The van der Waals surface area contributed by atoms with Crippen molar-refractivity contribution in [2.45, 2.75) is 47.0 Å². The second-order valence-electron chi connectivity index (χ2n) is 13.4. The minimum atomic E-state index is -1.04. The van der Waals surface area contributed by atoms with Crippen LogP contribution in [0.2, 0.25) is 10.0 Å². The first-order chi connectivity index (χ1) is 23.8. The number of carbonyl (C=O) groups is 2. The highest BCUT2D eigenvalue weighted by atomic mass is 35.5.